The highest BCUT2D eigenvalue weighted by molar-refractivity contribution is 6.00. The fourth-order valence-corrected chi connectivity index (χ4v) is 2.78. The molecule has 0 rings (SSSR count). The molecule has 0 aromatic carbocycles. The van der Waals surface area contributed by atoms with Gasteiger partial charge in [0.25, 0.3) is 0 Å². The number of aliphatic carboxylic acids is 2. The van der Waals surface area contributed by atoms with Crippen LogP contribution >= 0.6 is 0 Å². The van der Waals surface area contributed by atoms with Gasteiger partial charge in [0, 0.05) is 11.1 Å². The molecule has 0 radical (unpaired) electrons. The summed E-state index contributed by atoms with van der Waals surface area (Å²) in [5, 5.41) is 23.3. The smallest absolute Gasteiger partial charge is 0.344 e. The molecule has 0 aliphatic rings. The van der Waals surface area contributed by atoms with Crippen molar-refractivity contribution in [2.75, 3.05) is 26.3 Å². The van der Waals surface area contributed by atoms with Crippen molar-refractivity contribution in [3.05, 3.63) is 24.3 Å². The van der Waals surface area contributed by atoms with E-state index in [-0.39, 0.29) is 24.2 Å². The minimum absolute atomic E-state index is 0.116. The van der Waals surface area contributed by atoms with Crippen LogP contribution in [0.3, 0.4) is 0 Å². The van der Waals surface area contributed by atoms with Crippen molar-refractivity contribution in [3.8, 4) is 0 Å². The normalized spacial score (nSPS) is 13.2. The van der Waals surface area contributed by atoms with E-state index in [2.05, 4.69) is 33.3 Å². The monoisotopic (exact) mass is 586 g/mol. The van der Waals surface area contributed by atoms with Gasteiger partial charge in [-0.1, -0.05) is 13.2 Å². The maximum absolute atomic E-state index is 12.6. The molecule has 0 aromatic heterocycles. The first-order chi connectivity index (χ1) is 19.0. The van der Waals surface area contributed by atoms with E-state index in [1.54, 1.807) is 0 Å². The zero-order valence-electron chi connectivity index (χ0n) is 23.1. The van der Waals surface area contributed by atoms with Gasteiger partial charge in [-0.05, 0) is 27.7 Å². The van der Waals surface area contributed by atoms with Gasteiger partial charge >= 0.3 is 35.8 Å². The summed E-state index contributed by atoms with van der Waals surface area (Å²) >= 11 is 0. The molecule has 228 valence electrons. The molecule has 3 unspecified atom stereocenters. The van der Waals surface area contributed by atoms with Gasteiger partial charge in [0.15, 0.2) is 19.1 Å². The van der Waals surface area contributed by atoms with E-state index in [1.165, 1.54) is 27.7 Å². The Bertz CT molecular complexity index is 1000. The number of ether oxygens (including phenoxy) is 4. The molecule has 0 heterocycles. The summed E-state index contributed by atoms with van der Waals surface area (Å²) in [5.41, 5.74) is 0.416. The quantitative estimate of drug-likeness (QED) is 0.0660. The predicted molar refractivity (Wildman–Crippen MR) is 136 cm³/mol. The van der Waals surface area contributed by atoms with E-state index in [0.717, 1.165) is 0 Å². The molecule has 3 atom stereocenters. The van der Waals surface area contributed by atoms with Crippen LogP contribution in [0.2, 0.25) is 0 Å². The van der Waals surface area contributed by atoms with Crippen molar-refractivity contribution in [3.63, 3.8) is 0 Å². The Hall–Kier alpha value is -4.76. The Labute approximate surface area is 235 Å². The van der Waals surface area contributed by atoms with Crippen molar-refractivity contribution in [1.82, 2.24) is 10.6 Å². The van der Waals surface area contributed by atoms with E-state index in [4.69, 9.17) is 14.6 Å². The standard InChI is InChI=1S/C25H34N2O14/c1-12(2)21(32)26-8-14(5)40-18(30)10-38-24(36)20(16(23(34)35)7-17(28)29)25(37)39-11-19(31)41-15(6)9-27-22(33)13(3)4/h14-16,20H,1,3,7-11H2,2,4-6H3,(H,26,32)(H,27,33)(H,28,29)(H,34,35). The topological polar surface area (TPSA) is 238 Å². The van der Waals surface area contributed by atoms with Crippen molar-refractivity contribution in [1.29, 1.82) is 0 Å². The maximum Gasteiger partial charge on any atom is 0.344 e. The molecule has 0 spiro atoms. The van der Waals surface area contributed by atoms with Crippen molar-refractivity contribution >= 4 is 47.6 Å². The highest BCUT2D eigenvalue weighted by Crippen LogP contribution is 2.21. The van der Waals surface area contributed by atoms with E-state index in [0.29, 0.717) is 0 Å². The molecule has 0 bridgehead atoms. The molecule has 0 fully saturated rings. The van der Waals surface area contributed by atoms with Gasteiger partial charge in [-0.15, -0.1) is 0 Å². The van der Waals surface area contributed by atoms with Crippen molar-refractivity contribution < 1.29 is 67.5 Å². The largest absolute Gasteiger partial charge is 0.481 e. The minimum Gasteiger partial charge on any atom is -0.481 e. The number of esters is 4. The Balaban J connectivity index is 5.27. The Morgan fingerprint density at radius 1 is 0.707 bits per heavy atom. The summed E-state index contributed by atoms with van der Waals surface area (Å²) in [6.45, 7) is 10.2. The van der Waals surface area contributed by atoms with Gasteiger partial charge in [0.1, 0.15) is 12.2 Å². The number of nitrogens with one attached hydrogen (secondary N) is 2. The lowest BCUT2D eigenvalue weighted by atomic mass is 9.89. The molecular formula is C25H34N2O14. The van der Waals surface area contributed by atoms with E-state index < -0.39 is 91.3 Å². The molecule has 16 nitrogen and oxygen atoms in total. The first-order valence-corrected chi connectivity index (χ1v) is 12.0. The maximum atomic E-state index is 12.6. The van der Waals surface area contributed by atoms with Gasteiger partial charge < -0.3 is 39.8 Å². The summed E-state index contributed by atoms with van der Waals surface area (Å²) in [5.74, 6) is -14.7. The number of carboxylic acid groups (broad SMARTS) is 2. The first-order valence-electron chi connectivity index (χ1n) is 12.0. The van der Waals surface area contributed by atoms with E-state index in [9.17, 15) is 43.5 Å². The van der Waals surface area contributed by atoms with Crippen LogP contribution < -0.4 is 10.6 Å². The fraction of sp³-hybridized carbons (Fsp3) is 0.520. The van der Waals surface area contributed by atoms with Crippen molar-refractivity contribution in [2.24, 2.45) is 11.8 Å². The highest BCUT2D eigenvalue weighted by atomic mass is 16.6. The third-order valence-electron chi connectivity index (χ3n) is 4.83. The lowest BCUT2D eigenvalue weighted by Gasteiger charge is -2.20. The second-order valence-corrected chi connectivity index (χ2v) is 8.82. The number of carboxylic acids is 2. The van der Waals surface area contributed by atoms with E-state index >= 15 is 0 Å². The third kappa shape index (κ3) is 14.8. The zero-order valence-corrected chi connectivity index (χ0v) is 23.1. The number of hydrogen-bond acceptors (Lipinski definition) is 12. The Kier molecular flexibility index (Phi) is 15.7. The molecule has 41 heavy (non-hydrogen) atoms. The molecule has 0 aliphatic carbocycles. The molecular weight excluding hydrogens is 552 g/mol. The van der Waals surface area contributed by atoms with E-state index in [1.807, 2.05) is 0 Å². The Morgan fingerprint density at radius 3 is 1.37 bits per heavy atom. The summed E-state index contributed by atoms with van der Waals surface area (Å²) in [4.78, 5) is 95.1. The van der Waals surface area contributed by atoms with Crippen LogP contribution in [-0.4, -0.2) is 96.4 Å². The minimum atomic E-state index is -2.39. The molecule has 16 heteroatoms. The van der Waals surface area contributed by atoms with Gasteiger partial charge in [0.05, 0.1) is 25.4 Å². The second kappa shape index (κ2) is 17.8. The van der Waals surface area contributed by atoms with Crippen LogP contribution in [0.5, 0.6) is 0 Å². The second-order valence-electron chi connectivity index (χ2n) is 8.82. The van der Waals surface area contributed by atoms with Crippen LogP contribution in [0, 0.1) is 11.8 Å². The molecule has 2 amide bonds. The van der Waals surface area contributed by atoms with Crippen LogP contribution in [0.25, 0.3) is 0 Å². The predicted octanol–water partition coefficient (Wildman–Crippen LogP) is -0.887. The number of carbonyl (C=O) groups excluding carboxylic acids is 6. The Morgan fingerprint density at radius 2 is 1.07 bits per heavy atom. The van der Waals surface area contributed by atoms with Gasteiger partial charge in [-0.25, -0.2) is 9.59 Å². The number of rotatable bonds is 18. The summed E-state index contributed by atoms with van der Waals surface area (Å²) in [6, 6.07) is 0. The molecule has 0 saturated carbocycles. The summed E-state index contributed by atoms with van der Waals surface area (Å²) in [7, 11) is 0. The summed E-state index contributed by atoms with van der Waals surface area (Å²) < 4.78 is 19.2. The molecule has 0 aliphatic heterocycles. The van der Waals surface area contributed by atoms with Gasteiger partial charge in [0.2, 0.25) is 11.8 Å². The lowest BCUT2D eigenvalue weighted by Crippen LogP contribution is -2.41. The zero-order chi connectivity index (χ0) is 31.9. The molecule has 0 aromatic rings. The molecule has 4 N–H and O–H groups in total. The first kappa shape index (κ1) is 36.2. The summed E-state index contributed by atoms with van der Waals surface area (Å²) in [6.07, 6.45) is -2.98. The highest BCUT2D eigenvalue weighted by Gasteiger charge is 2.43. The van der Waals surface area contributed by atoms with Gasteiger partial charge in [-0.2, -0.15) is 0 Å². The van der Waals surface area contributed by atoms with Crippen LogP contribution in [0.15, 0.2) is 24.3 Å². The van der Waals surface area contributed by atoms with Crippen LogP contribution in [0.1, 0.15) is 34.1 Å². The SMILES string of the molecule is C=C(C)C(=O)NCC(C)OC(=O)COC(=O)C(C(=O)OCC(=O)OC(C)CNC(=O)C(=C)C)C(CC(=O)O)C(=O)O. The fourth-order valence-electron chi connectivity index (χ4n) is 2.78. The number of hydrogen-bond donors (Lipinski definition) is 4. The van der Waals surface area contributed by atoms with Crippen molar-refractivity contribution in [2.45, 2.75) is 46.3 Å². The average Bonchev–Trinajstić information content (AvgIpc) is 2.86. The molecule has 0 saturated heterocycles. The average molecular weight is 587 g/mol. The van der Waals surface area contributed by atoms with Gasteiger partial charge in [-0.3, -0.25) is 28.8 Å². The third-order valence-corrected chi connectivity index (χ3v) is 4.83. The van der Waals surface area contributed by atoms with Crippen LogP contribution in [0.4, 0.5) is 0 Å². The van der Waals surface area contributed by atoms with Crippen LogP contribution in [-0.2, 0) is 57.3 Å². The lowest BCUT2D eigenvalue weighted by molar-refractivity contribution is -0.178. The number of carbonyl (C=O) groups is 8. The number of amides is 2.